The molecule has 156 valence electrons. The van der Waals surface area contributed by atoms with Gasteiger partial charge in [-0.05, 0) is 25.1 Å². The first-order valence-corrected chi connectivity index (χ1v) is 10.4. The molecule has 0 aliphatic heterocycles. The third-order valence-electron chi connectivity index (χ3n) is 3.39. The summed E-state index contributed by atoms with van der Waals surface area (Å²) in [4.78, 5) is 9.65. The molecule has 0 radical (unpaired) electrons. The summed E-state index contributed by atoms with van der Waals surface area (Å²) in [5.74, 6) is 0.464. The summed E-state index contributed by atoms with van der Waals surface area (Å²) in [5.41, 5.74) is 0.666. The summed E-state index contributed by atoms with van der Waals surface area (Å²) < 4.78 is 42.6. The number of ether oxygens (including phenoxy) is 4. The Morgan fingerprint density at radius 3 is 2.44 bits per heavy atom. The Hall–Kier alpha value is -0.700. The third kappa shape index (κ3) is 9.36. The van der Waals surface area contributed by atoms with Gasteiger partial charge in [-0.2, -0.15) is 0 Å². The van der Waals surface area contributed by atoms with Crippen LogP contribution in [0.3, 0.4) is 0 Å². The van der Waals surface area contributed by atoms with Crippen LogP contribution in [0.1, 0.15) is 25.7 Å². The minimum atomic E-state index is -4.13. The first kappa shape index (κ1) is 24.3. The summed E-state index contributed by atoms with van der Waals surface area (Å²) >= 11 is 6.19. The van der Waals surface area contributed by atoms with E-state index < -0.39 is 14.1 Å². The van der Waals surface area contributed by atoms with Gasteiger partial charge in [-0.1, -0.05) is 18.5 Å². The minimum absolute atomic E-state index is 0.0195. The monoisotopic (exact) mass is 426 g/mol. The van der Waals surface area contributed by atoms with E-state index >= 15 is 0 Å². The van der Waals surface area contributed by atoms with Crippen molar-refractivity contribution in [3.05, 3.63) is 28.8 Å². The molecule has 0 spiro atoms. The van der Waals surface area contributed by atoms with Gasteiger partial charge in [0.15, 0.2) is 6.29 Å². The zero-order valence-corrected chi connectivity index (χ0v) is 17.7. The highest BCUT2D eigenvalue weighted by Crippen LogP contribution is 2.43. The van der Waals surface area contributed by atoms with Crippen LogP contribution in [-0.4, -0.2) is 52.1 Å². The highest BCUT2D eigenvalue weighted by molar-refractivity contribution is 7.47. The van der Waals surface area contributed by atoms with Crippen LogP contribution in [0, 0.1) is 5.92 Å². The summed E-state index contributed by atoms with van der Waals surface area (Å²) in [6.45, 7) is 4.75. The van der Waals surface area contributed by atoms with Crippen LogP contribution in [-0.2, 0) is 27.8 Å². The third-order valence-corrected chi connectivity index (χ3v) is 4.70. The van der Waals surface area contributed by atoms with Crippen molar-refractivity contribution in [1.82, 2.24) is 0 Å². The van der Waals surface area contributed by atoms with Gasteiger partial charge in [0.1, 0.15) is 12.4 Å². The maximum Gasteiger partial charge on any atom is 0.472 e. The summed E-state index contributed by atoms with van der Waals surface area (Å²) in [7, 11) is -1.11. The molecule has 10 heteroatoms. The molecule has 1 aromatic rings. The smallest absolute Gasteiger partial charge is 0.472 e. The number of benzene rings is 1. The highest BCUT2D eigenvalue weighted by atomic mass is 35.5. The molecule has 27 heavy (non-hydrogen) atoms. The molecule has 0 aliphatic rings. The predicted octanol–water partition coefficient (Wildman–Crippen LogP) is 3.82. The Labute approximate surface area is 165 Å². The van der Waals surface area contributed by atoms with Crippen LogP contribution in [0.5, 0.6) is 5.75 Å². The first-order chi connectivity index (χ1) is 12.8. The average molecular weight is 427 g/mol. The van der Waals surface area contributed by atoms with E-state index in [4.69, 9.17) is 39.6 Å². The Bertz CT molecular complexity index is 596. The zero-order valence-electron chi connectivity index (χ0n) is 16.1. The van der Waals surface area contributed by atoms with Crippen molar-refractivity contribution in [3.63, 3.8) is 0 Å². The van der Waals surface area contributed by atoms with Gasteiger partial charge < -0.3 is 23.8 Å². The first-order valence-electron chi connectivity index (χ1n) is 8.50. The average Bonchev–Trinajstić information content (AvgIpc) is 2.64. The van der Waals surface area contributed by atoms with E-state index in [9.17, 15) is 9.46 Å². The standard InChI is InChI=1S/C17H28ClO8P/c1-5-23-11-13(2)12-26-27(19,20)25-9-8-24-14-6-7-15(16(18)10-14)17(21-3)22-4/h6-7,10,13,17H,5,8-9,11-12H2,1-4H3,(H,19,20). The topological polar surface area (TPSA) is 92.7 Å². The number of phosphoric ester groups is 1. The van der Waals surface area contributed by atoms with E-state index in [0.29, 0.717) is 29.5 Å². The van der Waals surface area contributed by atoms with Crippen molar-refractivity contribution in [2.75, 3.05) is 47.3 Å². The van der Waals surface area contributed by atoms with Gasteiger partial charge in [-0.25, -0.2) is 4.57 Å². The molecule has 0 fully saturated rings. The summed E-state index contributed by atoms with van der Waals surface area (Å²) in [5, 5.41) is 0.418. The number of hydrogen-bond acceptors (Lipinski definition) is 7. The second-order valence-electron chi connectivity index (χ2n) is 5.70. The maximum absolute atomic E-state index is 11.8. The van der Waals surface area contributed by atoms with Crippen LogP contribution < -0.4 is 4.74 Å². The lowest BCUT2D eigenvalue weighted by Crippen LogP contribution is -2.13. The Morgan fingerprint density at radius 1 is 1.15 bits per heavy atom. The van der Waals surface area contributed by atoms with Gasteiger partial charge in [-0.15, -0.1) is 0 Å². The number of methoxy groups -OCH3 is 2. The van der Waals surface area contributed by atoms with Crippen LogP contribution in [0.25, 0.3) is 0 Å². The van der Waals surface area contributed by atoms with Crippen molar-refractivity contribution in [1.29, 1.82) is 0 Å². The van der Waals surface area contributed by atoms with E-state index in [1.54, 1.807) is 18.2 Å². The number of rotatable bonds is 14. The maximum atomic E-state index is 11.8. The fourth-order valence-corrected chi connectivity index (χ4v) is 3.16. The molecule has 2 atom stereocenters. The number of halogens is 1. The lowest BCUT2D eigenvalue weighted by molar-refractivity contribution is -0.105. The summed E-state index contributed by atoms with van der Waals surface area (Å²) in [6.07, 6.45) is -0.572. The second kappa shape index (κ2) is 12.7. The van der Waals surface area contributed by atoms with Crippen LogP contribution in [0.2, 0.25) is 5.02 Å². The van der Waals surface area contributed by atoms with E-state index in [1.165, 1.54) is 14.2 Å². The van der Waals surface area contributed by atoms with Crippen molar-refractivity contribution < 1.29 is 37.5 Å². The van der Waals surface area contributed by atoms with E-state index in [1.807, 2.05) is 13.8 Å². The largest absolute Gasteiger partial charge is 0.491 e. The molecule has 0 heterocycles. The molecular weight excluding hydrogens is 399 g/mol. The van der Waals surface area contributed by atoms with Crippen LogP contribution in [0.15, 0.2) is 18.2 Å². The summed E-state index contributed by atoms with van der Waals surface area (Å²) in [6, 6.07) is 5.01. The molecule has 0 amide bonds. The molecule has 0 aliphatic carbocycles. The Kier molecular flexibility index (Phi) is 11.4. The molecule has 1 rings (SSSR count). The molecule has 8 nitrogen and oxygen atoms in total. The SMILES string of the molecule is CCOCC(C)COP(=O)(O)OCCOc1ccc(C(OC)OC)c(Cl)c1. The zero-order chi connectivity index (χ0) is 20.3. The van der Waals surface area contributed by atoms with Crippen molar-refractivity contribution >= 4 is 19.4 Å². The predicted molar refractivity (Wildman–Crippen MR) is 101 cm³/mol. The van der Waals surface area contributed by atoms with Gasteiger partial charge in [0.05, 0.1) is 24.8 Å². The lowest BCUT2D eigenvalue weighted by Gasteiger charge is -2.17. The fraction of sp³-hybridized carbons (Fsp3) is 0.647. The van der Waals surface area contributed by atoms with E-state index in [0.717, 1.165) is 0 Å². The Morgan fingerprint density at radius 2 is 1.85 bits per heavy atom. The lowest BCUT2D eigenvalue weighted by atomic mass is 10.2. The van der Waals surface area contributed by atoms with Gasteiger partial charge in [0.25, 0.3) is 0 Å². The fourth-order valence-electron chi connectivity index (χ4n) is 2.08. The van der Waals surface area contributed by atoms with E-state index in [2.05, 4.69) is 0 Å². The van der Waals surface area contributed by atoms with Gasteiger partial charge >= 0.3 is 7.82 Å². The highest BCUT2D eigenvalue weighted by Gasteiger charge is 2.22. The molecule has 1 aromatic carbocycles. The Balaban J connectivity index is 2.38. The van der Waals surface area contributed by atoms with Crippen LogP contribution >= 0.6 is 19.4 Å². The molecule has 2 unspecified atom stereocenters. The quantitative estimate of drug-likeness (QED) is 0.273. The second-order valence-corrected chi connectivity index (χ2v) is 7.56. The van der Waals surface area contributed by atoms with Crippen molar-refractivity contribution in [2.24, 2.45) is 5.92 Å². The van der Waals surface area contributed by atoms with Gasteiger partial charge in [-0.3, -0.25) is 9.05 Å². The molecule has 0 saturated carbocycles. The van der Waals surface area contributed by atoms with Gasteiger partial charge in [0, 0.05) is 32.3 Å². The molecule has 0 saturated heterocycles. The van der Waals surface area contributed by atoms with Crippen molar-refractivity contribution in [2.45, 2.75) is 20.1 Å². The van der Waals surface area contributed by atoms with Crippen LogP contribution in [0.4, 0.5) is 0 Å². The molecular formula is C17H28ClO8P. The molecule has 1 N–H and O–H groups in total. The minimum Gasteiger partial charge on any atom is -0.491 e. The molecule has 0 aromatic heterocycles. The van der Waals surface area contributed by atoms with E-state index in [-0.39, 0.29) is 25.7 Å². The normalized spacial score (nSPS) is 14.9. The van der Waals surface area contributed by atoms with Crippen molar-refractivity contribution in [3.8, 4) is 5.75 Å². The number of phosphoric acid groups is 1. The number of hydrogen-bond donors (Lipinski definition) is 1. The molecule has 0 bridgehead atoms. The van der Waals surface area contributed by atoms with Gasteiger partial charge in [0.2, 0.25) is 0 Å².